The maximum Gasteiger partial charge on any atom is 0.272 e. The van der Waals surface area contributed by atoms with Crippen molar-refractivity contribution in [1.82, 2.24) is 25.3 Å². The van der Waals surface area contributed by atoms with Crippen LogP contribution in [0.3, 0.4) is 0 Å². The number of nitrogens with one attached hydrogen (secondary N) is 3. The van der Waals surface area contributed by atoms with E-state index >= 15 is 0 Å². The third-order valence-corrected chi connectivity index (χ3v) is 2.42. The highest BCUT2D eigenvalue weighted by Gasteiger charge is 2.14. The molecule has 2 rings (SSSR count). The molecule has 7 nitrogen and oxygen atoms in total. The van der Waals surface area contributed by atoms with Gasteiger partial charge in [0.05, 0.1) is 18.4 Å². The molecular weight excluding hydrogens is 232 g/mol. The summed E-state index contributed by atoms with van der Waals surface area (Å²) in [5.74, 6) is 1.03. The van der Waals surface area contributed by atoms with E-state index in [1.54, 1.807) is 19.4 Å². The monoisotopic (exact) mass is 246 g/mol. The molecule has 3 N–H and O–H groups in total. The van der Waals surface area contributed by atoms with Crippen molar-refractivity contribution < 1.29 is 4.79 Å². The van der Waals surface area contributed by atoms with E-state index in [0.29, 0.717) is 11.6 Å². The first-order chi connectivity index (χ1) is 8.70. The maximum atomic E-state index is 11.9. The third-order valence-electron chi connectivity index (χ3n) is 2.42. The second-order valence-electron chi connectivity index (χ2n) is 3.71. The Hall–Kier alpha value is -2.44. The van der Waals surface area contributed by atoms with Crippen LogP contribution in [0.15, 0.2) is 24.8 Å². The molecule has 2 aromatic heterocycles. The SMILES string of the molecule is CNc1cnc(C(=O)NC(C)c2ncc[nH]2)cn1. The average molecular weight is 246 g/mol. The van der Waals surface area contributed by atoms with Crippen LogP contribution in [-0.4, -0.2) is 32.9 Å². The summed E-state index contributed by atoms with van der Waals surface area (Å²) in [6.07, 6.45) is 6.28. The highest BCUT2D eigenvalue weighted by Crippen LogP contribution is 2.07. The van der Waals surface area contributed by atoms with Gasteiger partial charge in [-0.05, 0) is 6.92 Å². The largest absolute Gasteiger partial charge is 0.372 e. The van der Waals surface area contributed by atoms with Crippen LogP contribution in [0.5, 0.6) is 0 Å². The van der Waals surface area contributed by atoms with Gasteiger partial charge >= 0.3 is 0 Å². The number of rotatable bonds is 4. The van der Waals surface area contributed by atoms with Crippen molar-refractivity contribution in [3.8, 4) is 0 Å². The van der Waals surface area contributed by atoms with Crippen LogP contribution in [0, 0.1) is 0 Å². The minimum absolute atomic E-state index is 0.210. The normalized spacial score (nSPS) is 11.9. The van der Waals surface area contributed by atoms with E-state index in [-0.39, 0.29) is 17.6 Å². The third kappa shape index (κ3) is 2.62. The van der Waals surface area contributed by atoms with Gasteiger partial charge in [-0.1, -0.05) is 0 Å². The zero-order valence-corrected chi connectivity index (χ0v) is 10.1. The highest BCUT2D eigenvalue weighted by atomic mass is 16.1. The number of H-pyrrole nitrogens is 1. The van der Waals surface area contributed by atoms with Crippen molar-refractivity contribution in [2.45, 2.75) is 13.0 Å². The maximum absolute atomic E-state index is 11.9. The number of anilines is 1. The van der Waals surface area contributed by atoms with Gasteiger partial charge < -0.3 is 15.6 Å². The number of hydrogen-bond donors (Lipinski definition) is 3. The first kappa shape index (κ1) is 12.0. The molecule has 18 heavy (non-hydrogen) atoms. The molecule has 0 aromatic carbocycles. The van der Waals surface area contributed by atoms with Crippen LogP contribution < -0.4 is 10.6 Å². The molecule has 2 aromatic rings. The van der Waals surface area contributed by atoms with Gasteiger partial charge in [0, 0.05) is 19.4 Å². The molecule has 1 atom stereocenters. The Morgan fingerprint density at radius 2 is 2.17 bits per heavy atom. The molecule has 0 saturated heterocycles. The fourth-order valence-electron chi connectivity index (χ4n) is 1.43. The Kier molecular flexibility index (Phi) is 3.52. The van der Waals surface area contributed by atoms with E-state index in [1.165, 1.54) is 12.4 Å². The number of hydrogen-bond acceptors (Lipinski definition) is 5. The average Bonchev–Trinajstić information content (AvgIpc) is 2.92. The topological polar surface area (TPSA) is 95.6 Å². The van der Waals surface area contributed by atoms with Gasteiger partial charge in [-0.25, -0.2) is 15.0 Å². The van der Waals surface area contributed by atoms with Gasteiger partial charge in [-0.2, -0.15) is 0 Å². The van der Waals surface area contributed by atoms with Crippen molar-refractivity contribution in [3.63, 3.8) is 0 Å². The summed E-state index contributed by atoms with van der Waals surface area (Å²) < 4.78 is 0. The lowest BCUT2D eigenvalue weighted by Gasteiger charge is -2.10. The predicted molar refractivity (Wildman–Crippen MR) is 66.0 cm³/mol. The van der Waals surface area contributed by atoms with Gasteiger partial charge in [0.15, 0.2) is 0 Å². The Morgan fingerprint density at radius 3 is 2.72 bits per heavy atom. The summed E-state index contributed by atoms with van der Waals surface area (Å²) in [5.41, 5.74) is 0.271. The molecule has 0 bridgehead atoms. The molecule has 0 radical (unpaired) electrons. The molecule has 0 aliphatic heterocycles. The van der Waals surface area contributed by atoms with Crippen molar-refractivity contribution in [3.05, 3.63) is 36.3 Å². The Labute approximate surface area is 104 Å². The molecule has 0 spiro atoms. The van der Waals surface area contributed by atoms with Crippen molar-refractivity contribution in [1.29, 1.82) is 0 Å². The van der Waals surface area contributed by atoms with Crippen LogP contribution >= 0.6 is 0 Å². The van der Waals surface area contributed by atoms with Crippen LogP contribution in [-0.2, 0) is 0 Å². The molecule has 0 saturated carbocycles. The summed E-state index contributed by atoms with van der Waals surface area (Å²) >= 11 is 0. The van der Waals surface area contributed by atoms with Gasteiger partial charge in [0.25, 0.3) is 5.91 Å². The Morgan fingerprint density at radius 1 is 1.33 bits per heavy atom. The van der Waals surface area contributed by atoms with Crippen LogP contribution in [0.1, 0.15) is 29.3 Å². The van der Waals surface area contributed by atoms with Crippen molar-refractivity contribution in [2.75, 3.05) is 12.4 Å². The first-order valence-electron chi connectivity index (χ1n) is 5.50. The van der Waals surface area contributed by atoms with Gasteiger partial charge in [0.1, 0.15) is 17.3 Å². The van der Waals surface area contributed by atoms with Crippen molar-refractivity contribution >= 4 is 11.7 Å². The molecule has 1 unspecified atom stereocenters. The Balaban J connectivity index is 2.03. The van der Waals surface area contributed by atoms with Crippen molar-refractivity contribution in [2.24, 2.45) is 0 Å². The number of carbonyl (C=O) groups excluding carboxylic acids is 1. The minimum Gasteiger partial charge on any atom is -0.372 e. The number of aromatic nitrogens is 4. The number of amides is 1. The van der Waals surface area contributed by atoms with E-state index in [0.717, 1.165) is 0 Å². The summed E-state index contributed by atoms with van der Waals surface area (Å²) in [4.78, 5) is 26.9. The minimum atomic E-state index is -0.283. The van der Waals surface area contributed by atoms with Crippen LogP contribution in [0.25, 0.3) is 0 Å². The summed E-state index contributed by atoms with van der Waals surface area (Å²) in [7, 11) is 1.74. The number of nitrogens with zero attached hydrogens (tertiary/aromatic N) is 3. The van der Waals surface area contributed by atoms with E-state index in [4.69, 9.17) is 0 Å². The fraction of sp³-hybridized carbons (Fsp3) is 0.273. The quantitative estimate of drug-likeness (QED) is 0.739. The molecule has 0 aliphatic carbocycles. The second kappa shape index (κ2) is 5.26. The molecule has 1 amide bonds. The van der Waals surface area contributed by atoms with Gasteiger partial charge in [-0.15, -0.1) is 0 Å². The lowest BCUT2D eigenvalue weighted by atomic mass is 10.3. The number of carbonyl (C=O) groups is 1. The smallest absolute Gasteiger partial charge is 0.272 e. The molecule has 0 aliphatic rings. The van der Waals surface area contributed by atoms with E-state index < -0.39 is 0 Å². The Bertz CT molecular complexity index is 507. The highest BCUT2D eigenvalue weighted by molar-refractivity contribution is 5.92. The predicted octanol–water partition coefficient (Wildman–Crippen LogP) is 0.732. The molecule has 2 heterocycles. The molecular formula is C11H14N6O. The van der Waals surface area contributed by atoms with Crippen LogP contribution in [0.4, 0.5) is 5.82 Å². The first-order valence-corrected chi connectivity index (χ1v) is 5.50. The lowest BCUT2D eigenvalue weighted by Crippen LogP contribution is -2.28. The number of aromatic amines is 1. The van der Waals surface area contributed by atoms with E-state index in [9.17, 15) is 4.79 Å². The van der Waals surface area contributed by atoms with Crippen LogP contribution in [0.2, 0.25) is 0 Å². The van der Waals surface area contributed by atoms with Gasteiger partial charge in [0.2, 0.25) is 0 Å². The zero-order chi connectivity index (χ0) is 13.0. The molecule has 94 valence electrons. The molecule has 7 heteroatoms. The van der Waals surface area contributed by atoms with E-state index in [2.05, 4.69) is 30.6 Å². The molecule has 0 fully saturated rings. The summed E-state index contributed by atoms with van der Waals surface area (Å²) in [6, 6.07) is -0.210. The lowest BCUT2D eigenvalue weighted by molar-refractivity contribution is 0.0933. The fourth-order valence-corrected chi connectivity index (χ4v) is 1.43. The second-order valence-corrected chi connectivity index (χ2v) is 3.71. The zero-order valence-electron chi connectivity index (χ0n) is 10.1. The standard InChI is InChI=1S/C11H14N6O/c1-7(10-13-3-4-14-10)17-11(18)8-5-16-9(12-2)6-15-8/h3-7H,1-2H3,(H,12,16)(H,13,14)(H,17,18). The van der Waals surface area contributed by atoms with E-state index in [1.807, 2.05) is 6.92 Å². The summed E-state index contributed by atoms with van der Waals surface area (Å²) in [6.45, 7) is 1.84. The summed E-state index contributed by atoms with van der Waals surface area (Å²) in [5, 5.41) is 5.62. The number of imidazole rings is 1. The van der Waals surface area contributed by atoms with Gasteiger partial charge in [-0.3, -0.25) is 4.79 Å².